The molecule has 1 heterocycles. The second kappa shape index (κ2) is 3.22. The summed E-state index contributed by atoms with van der Waals surface area (Å²) in [5.74, 6) is -0.129. The highest BCUT2D eigenvalue weighted by atomic mass is 32.2. The molecule has 0 spiro atoms. The summed E-state index contributed by atoms with van der Waals surface area (Å²) in [4.78, 5) is 0. The van der Waals surface area contributed by atoms with Crippen molar-refractivity contribution in [2.45, 2.75) is 33.4 Å². The van der Waals surface area contributed by atoms with Gasteiger partial charge in [-0.1, -0.05) is 20.8 Å². The highest BCUT2D eigenvalue weighted by molar-refractivity contribution is 7.89. The number of aliphatic hydroxyl groups is 1. The monoisotopic (exact) mass is 207 g/mol. The third-order valence-corrected chi connectivity index (χ3v) is 3.52. The van der Waals surface area contributed by atoms with E-state index in [1.165, 1.54) is 0 Å². The molecule has 0 aromatic carbocycles. The lowest BCUT2D eigenvalue weighted by molar-refractivity contribution is 0.0961. The third-order valence-electron chi connectivity index (χ3n) is 2.05. The zero-order chi connectivity index (χ0) is 10.3. The normalized spacial score (nSPS) is 33.5. The average molecular weight is 207 g/mol. The first-order chi connectivity index (χ1) is 5.70. The van der Waals surface area contributed by atoms with Crippen molar-refractivity contribution in [2.24, 2.45) is 11.3 Å². The molecule has 1 aliphatic rings. The number of hydrogen-bond acceptors (Lipinski definition) is 3. The molecule has 0 saturated carbocycles. The van der Waals surface area contributed by atoms with Gasteiger partial charge in [0.2, 0.25) is 10.0 Å². The summed E-state index contributed by atoms with van der Waals surface area (Å²) in [6.45, 7) is 6.10. The predicted octanol–water partition coefficient (Wildman–Crippen LogP) is 0.290. The first kappa shape index (κ1) is 10.9. The van der Waals surface area contributed by atoms with E-state index in [1.807, 2.05) is 20.8 Å². The van der Waals surface area contributed by atoms with Crippen LogP contribution in [0.15, 0.2) is 0 Å². The lowest BCUT2D eigenvalue weighted by Crippen LogP contribution is -2.30. The summed E-state index contributed by atoms with van der Waals surface area (Å²) in [7, 11) is -3.22. The van der Waals surface area contributed by atoms with Gasteiger partial charge in [0.15, 0.2) is 0 Å². The van der Waals surface area contributed by atoms with E-state index in [9.17, 15) is 13.5 Å². The molecule has 0 aromatic rings. The van der Waals surface area contributed by atoms with Gasteiger partial charge in [-0.2, -0.15) is 4.72 Å². The summed E-state index contributed by atoms with van der Waals surface area (Å²) in [5.41, 5.74) is 0.0488. The zero-order valence-electron chi connectivity index (χ0n) is 8.24. The van der Waals surface area contributed by atoms with E-state index in [2.05, 4.69) is 4.72 Å². The van der Waals surface area contributed by atoms with Crippen LogP contribution in [-0.4, -0.2) is 25.5 Å². The largest absolute Gasteiger partial charge is 0.377 e. The molecule has 1 fully saturated rings. The maximum Gasteiger partial charge on any atom is 0.214 e. The highest BCUT2D eigenvalue weighted by Gasteiger charge is 2.37. The van der Waals surface area contributed by atoms with Gasteiger partial charge in [-0.05, 0) is 11.8 Å². The molecule has 4 nitrogen and oxygen atoms in total. The number of nitrogens with one attached hydrogen (secondary N) is 1. The lowest BCUT2D eigenvalue weighted by atomic mass is 9.85. The van der Waals surface area contributed by atoms with Gasteiger partial charge in [0, 0.05) is 5.92 Å². The smallest absolute Gasteiger partial charge is 0.214 e. The van der Waals surface area contributed by atoms with Crippen LogP contribution < -0.4 is 4.72 Å². The van der Waals surface area contributed by atoms with E-state index >= 15 is 0 Å². The predicted molar refractivity (Wildman–Crippen MR) is 50.5 cm³/mol. The van der Waals surface area contributed by atoms with Crippen molar-refractivity contribution >= 4 is 10.0 Å². The fraction of sp³-hybridized carbons (Fsp3) is 1.00. The van der Waals surface area contributed by atoms with Gasteiger partial charge in [0.25, 0.3) is 0 Å². The Morgan fingerprint density at radius 2 is 2.00 bits per heavy atom. The second-order valence-electron chi connectivity index (χ2n) is 4.87. The van der Waals surface area contributed by atoms with Gasteiger partial charge in [-0.25, -0.2) is 8.42 Å². The Labute approximate surface area is 79.4 Å². The highest BCUT2D eigenvalue weighted by Crippen LogP contribution is 2.29. The average Bonchev–Trinajstić information content (AvgIpc) is 2.00. The maximum atomic E-state index is 11.1. The van der Waals surface area contributed by atoms with E-state index in [-0.39, 0.29) is 17.1 Å². The fourth-order valence-electron chi connectivity index (χ4n) is 1.66. The number of sulfonamides is 1. The van der Waals surface area contributed by atoms with E-state index < -0.39 is 16.3 Å². The van der Waals surface area contributed by atoms with Crippen LogP contribution in [-0.2, 0) is 10.0 Å². The molecule has 0 aliphatic carbocycles. The van der Waals surface area contributed by atoms with Crippen LogP contribution in [0.25, 0.3) is 0 Å². The summed E-state index contributed by atoms with van der Waals surface area (Å²) in [5, 5.41) is 9.40. The van der Waals surface area contributed by atoms with Gasteiger partial charge in [0.05, 0.1) is 5.75 Å². The Hall–Kier alpha value is -0.130. The molecular formula is C8H17NO3S. The molecule has 2 atom stereocenters. The quantitative estimate of drug-likeness (QED) is 0.649. The molecule has 1 saturated heterocycles. The van der Waals surface area contributed by atoms with Crippen LogP contribution in [0.2, 0.25) is 0 Å². The molecule has 0 aromatic heterocycles. The summed E-state index contributed by atoms with van der Waals surface area (Å²) < 4.78 is 24.3. The molecule has 0 bridgehead atoms. The van der Waals surface area contributed by atoms with Crippen LogP contribution in [0.5, 0.6) is 0 Å². The van der Waals surface area contributed by atoms with Crippen molar-refractivity contribution in [1.29, 1.82) is 0 Å². The van der Waals surface area contributed by atoms with E-state index in [0.29, 0.717) is 6.42 Å². The summed E-state index contributed by atoms with van der Waals surface area (Å²) in [6.07, 6.45) is -0.190. The molecule has 78 valence electrons. The Balaban J connectivity index is 2.64. The van der Waals surface area contributed by atoms with Crippen molar-refractivity contribution in [3.63, 3.8) is 0 Å². The minimum absolute atomic E-state index is 0.0471. The second-order valence-corrected chi connectivity index (χ2v) is 6.67. The molecule has 1 aliphatic heterocycles. The van der Waals surface area contributed by atoms with Crippen LogP contribution in [0.4, 0.5) is 0 Å². The molecule has 0 amide bonds. The summed E-state index contributed by atoms with van der Waals surface area (Å²) in [6, 6.07) is 0. The first-order valence-corrected chi connectivity index (χ1v) is 6.03. The van der Waals surface area contributed by atoms with Crippen molar-refractivity contribution in [2.75, 3.05) is 5.75 Å². The molecule has 2 N–H and O–H groups in total. The maximum absolute atomic E-state index is 11.1. The minimum atomic E-state index is -3.22. The van der Waals surface area contributed by atoms with Gasteiger partial charge in [0.1, 0.15) is 6.23 Å². The van der Waals surface area contributed by atoms with Gasteiger partial charge >= 0.3 is 0 Å². The van der Waals surface area contributed by atoms with Crippen molar-refractivity contribution in [1.82, 2.24) is 4.72 Å². The zero-order valence-corrected chi connectivity index (χ0v) is 9.06. The van der Waals surface area contributed by atoms with Crippen LogP contribution >= 0.6 is 0 Å². The Kier molecular flexibility index (Phi) is 2.71. The number of hydrogen-bond donors (Lipinski definition) is 2. The fourth-order valence-corrected chi connectivity index (χ4v) is 3.18. The van der Waals surface area contributed by atoms with E-state index in [1.54, 1.807) is 0 Å². The molecule has 2 unspecified atom stereocenters. The third kappa shape index (κ3) is 3.25. The van der Waals surface area contributed by atoms with Crippen molar-refractivity contribution in [3.05, 3.63) is 0 Å². The lowest BCUT2D eigenvalue weighted by Gasteiger charge is -2.23. The molecule has 13 heavy (non-hydrogen) atoms. The van der Waals surface area contributed by atoms with Gasteiger partial charge in [-0.3, -0.25) is 0 Å². The Morgan fingerprint density at radius 3 is 2.31 bits per heavy atom. The Bertz CT molecular complexity index is 278. The molecular weight excluding hydrogens is 190 g/mol. The first-order valence-electron chi connectivity index (χ1n) is 4.38. The van der Waals surface area contributed by atoms with Gasteiger partial charge < -0.3 is 5.11 Å². The topological polar surface area (TPSA) is 66.4 Å². The van der Waals surface area contributed by atoms with Crippen LogP contribution in [0.1, 0.15) is 27.2 Å². The summed E-state index contributed by atoms with van der Waals surface area (Å²) >= 11 is 0. The van der Waals surface area contributed by atoms with E-state index in [0.717, 1.165) is 0 Å². The van der Waals surface area contributed by atoms with Crippen molar-refractivity contribution < 1.29 is 13.5 Å². The SMILES string of the molecule is CC(C)(C)CC1CS(=O)(=O)NC1O. The number of aliphatic hydroxyl groups excluding tert-OH is 1. The number of rotatable bonds is 1. The van der Waals surface area contributed by atoms with Crippen molar-refractivity contribution in [3.8, 4) is 0 Å². The standard InChI is InChI=1S/C8H17NO3S/c1-8(2,3)4-6-5-13(11,12)9-7(6)10/h6-7,9-10H,4-5H2,1-3H3. The molecule has 1 rings (SSSR count). The van der Waals surface area contributed by atoms with Crippen LogP contribution in [0.3, 0.4) is 0 Å². The van der Waals surface area contributed by atoms with Crippen LogP contribution in [0, 0.1) is 11.3 Å². The van der Waals surface area contributed by atoms with E-state index in [4.69, 9.17) is 0 Å². The minimum Gasteiger partial charge on any atom is -0.377 e. The molecule has 0 radical (unpaired) electrons. The Morgan fingerprint density at radius 1 is 1.46 bits per heavy atom. The van der Waals surface area contributed by atoms with Gasteiger partial charge in [-0.15, -0.1) is 0 Å². The molecule has 5 heteroatoms.